The third kappa shape index (κ3) is 3.13. The van der Waals surface area contributed by atoms with E-state index in [1.165, 1.54) is 4.31 Å². The Morgan fingerprint density at radius 1 is 1.45 bits per heavy atom. The molecular weight excluding hydrogens is 324 g/mol. The third-order valence-corrected chi connectivity index (χ3v) is 7.10. The minimum atomic E-state index is -3.68. The summed E-state index contributed by atoms with van der Waals surface area (Å²) in [5.41, 5.74) is -0.349. The average molecular weight is 339 g/mol. The number of sulfonamides is 1. The van der Waals surface area contributed by atoms with Gasteiger partial charge >= 0.3 is 0 Å². The van der Waals surface area contributed by atoms with Gasteiger partial charge in [-0.05, 0) is 25.2 Å². The molecule has 2 rings (SSSR count). The van der Waals surface area contributed by atoms with Crippen molar-refractivity contribution in [3.63, 3.8) is 0 Å². The first-order valence-corrected chi connectivity index (χ1v) is 8.89. The Hall–Kier alpha value is -0.700. The number of nitrogens with zero attached hydrogens (tertiary/aromatic N) is 2. The largest absolute Gasteiger partial charge is 0.300 e. The highest BCUT2D eigenvalue weighted by atomic mass is 35.5. The molecule has 0 aliphatic carbocycles. The monoisotopic (exact) mass is 338 g/mol. The summed E-state index contributed by atoms with van der Waals surface area (Å²) in [5, 5.41) is 10.8. The van der Waals surface area contributed by atoms with Crippen LogP contribution in [0.15, 0.2) is 10.3 Å². The smallest absolute Gasteiger partial charge is 0.258 e. The summed E-state index contributed by atoms with van der Waals surface area (Å²) in [7, 11) is -3.68. The van der Waals surface area contributed by atoms with E-state index in [1.807, 2.05) is 0 Å². The number of hydrogen-bond donors (Lipinski definition) is 0. The molecule has 1 aliphatic rings. The van der Waals surface area contributed by atoms with E-state index in [-0.39, 0.29) is 14.2 Å². The Morgan fingerprint density at radius 3 is 2.75 bits per heavy atom. The van der Waals surface area contributed by atoms with Gasteiger partial charge in [0.2, 0.25) is 0 Å². The lowest BCUT2D eigenvalue weighted by molar-refractivity contribution is -0.384. The van der Waals surface area contributed by atoms with Crippen LogP contribution in [0.5, 0.6) is 0 Å². The normalized spacial score (nSPS) is 21.6. The van der Waals surface area contributed by atoms with Crippen LogP contribution in [0.25, 0.3) is 0 Å². The van der Waals surface area contributed by atoms with Gasteiger partial charge < -0.3 is 0 Å². The maximum absolute atomic E-state index is 12.5. The number of rotatable bonds is 3. The van der Waals surface area contributed by atoms with Crippen molar-refractivity contribution in [3.05, 3.63) is 20.5 Å². The maximum Gasteiger partial charge on any atom is 0.300 e. The van der Waals surface area contributed by atoms with Gasteiger partial charge in [-0.15, -0.1) is 11.3 Å². The second-order valence-corrected chi connectivity index (χ2v) is 8.74. The fraction of sp³-hybridized carbons (Fsp3) is 0.636. The maximum atomic E-state index is 12.5. The molecule has 1 fully saturated rings. The molecule has 0 N–H and O–H groups in total. The zero-order valence-corrected chi connectivity index (χ0v) is 13.3. The summed E-state index contributed by atoms with van der Waals surface area (Å²) in [6.45, 7) is 3.01. The average Bonchev–Trinajstić information content (AvgIpc) is 2.62. The van der Waals surface area contributed by atoms with E-state index in [1.54, 1.807) is 0 Å². The highest BCUT2D eigenvalue weighted by Crippen LogP contribution is 2.37. The molecule has 1 atom stereocenters. The van der Waals surface area contributed by atoms with Crippen molar-refractivity contribution in [1.82, 2.24) is 4.31 Å². The van der Waals surface area contributed by atoms with E-state index >= 15 is 0 Å². The van der Waals surface area contributed by atoms with Crippen LogP contribution >= 0.6 is 22.9 Å². The minimum Gasteiger partial charge on any atom is -0.258 e. The third-order valence-electron chi connectivity index (χ3n) is 3.41. The summed E-state index contributed by atoms with van der Waals surface area (Å²) in [5.74, 6) is 0.497. The molecule has 0 saturated carbocycles. The Labute approximate surface area is 126 Å². The number of nitro groups is 1. The van der Waals surface area contributed by atoms with Gasteiger partial charge in [0.1, 0.15) is 4.21 Å². The van der Waals surface area contributed by atoms with Crippen LogP contribution in [0.1, 0.15) is 26.2 Å². The standard InChI is InChI=1S/C11H15ClN2O4S2/c1-8-3-2-5-13(6-4-8)20(17,18)10-7-9(14(15)16)11(12)19-10/h7-8H,2-6H2,1H3. The van der Waals surface area contributed by atoms with Gasteiger partial charge in [0.15, 0.2) is 4.34 Å². The molecular formula is C11H15ClN2O4S2. The molecule has 1 unspecified atom stereocenters. The van der Waals surface area contributed by atoms with E-state index in [9.17, 15) is 18.5 Å². The van der Waals surface area contributed by atoms with Crippen LogP contribution in [0, 0.1) is 16.0 Å². The first-order chi connectivity index (χ1) is 9.32. The second-order valence-electron chi connectivity index (χ2n) is 4.92. The van der Waals surface area contributed by atoms with E-state index in [0.717, 1.165) is 36.7 Å². The zero-order chi connectivity index (χ0) is 14.9. The fourth-order valence-electron chi connectivity index (χ4n) is 2.19. The van der Waals surface area contributed by atoms with Crippen LogP contribution < -0.4 is 0 Å². The molecule has 1 saturated heterocycles. The van der Waals surface area contributed by atoms with Gasteiger partial charge in [0.05, 0.1) is 4.92 Å². The van der Waals surface area contributed by atoms with E-state index in [0.29, 0.717) is 19.0 Å². The quantitative estimate of drug-likeness (QED) is 0.626. The summed E-state index contributed by atoms with van der Waals surface area (Å²) in [6.07, 6.45) is 2.61. The summed E-state index contributed by atoms with van der Waals surface area (Å²) in [4.78, 5) is 10.1. The summed E-state index contributed by atoms with van der Waals surface area (Å²) >= 11 is 6.48. The Kier molecular flexibility index (Phi) is 4.68. The first-order valence-electron chi connectivity index (χ1n) is 6.26. The topological polar surface area (TPSA) is 80.5 Å². The van der Waals surface area contributed by atoms with Crippen molar-refractivity contribution in [3.8, 4) is 0 Å². The van der Waals surface area contributed by atoms with E-state index in [4.69, 9.17) is 11.6 Å². The molecule has 9 heteroatoms. The van der Waals surface area contributed by atoms with Crippen molar-refractivity contribution < 1.29 is 13.3 Å². The molecule has 0 aromatic carbocycles. The van der Waals surface area contributed by atoms with Gasteiger partial charge in [0, 0.05) is 19.2 Å². The van der Waals surface area contributed by atoms with Crippen molar-refractivity contribution >= 4 is 38.6 Å². The van der Waals surface area contributed by atoms with Crippen LogP contribution in [-0.2, 0) is 10.0 Å². The van der Waals surface area contributed by atoms with Crippen molar-refractivity contribution in [2.75, 3.05) is 13.1 Å². The van der Waals surface area contributed by atoms with Crippen LogP contribution in [-0.4, -0.2) is 30.7 Å². The SMILES string of the molecule is CC1CCCN(S(=O)(=O)c2cc([N+](=O)[O-])c(Cl)s2)CC1. The highest BCUT2D eigenvalue weighted by Gasteiger charge is 2.31. The van der Waals surface area contributed by atoms with Crippen molar-refractivity contribution in [2.24, 2.45) is 5.92 Å². The summed E-state index contributed by atoms with van der Waals surface area (Å²) < 4.78 is 26.2. The molecule has 112 valence electrons. The van der Waals surface area contributed by atoms with Crippen LogP contribution in [0.3, 0.4) is 0 Å². The fourth-order valence-corrected chi connectivity index (χ4v) is 5.51. The first kappa shape index (κ1) is 15.7. The number of hydrogen-bond acceptors (Lipinski definition) is 5. The zero-order valence-electron chi connectivity index (χ0n) is 10.9. The van der Waals surface area contributed by atoms with Crippen molar-refractivity contribution in [1.29, 1.82) is 0 Å². The predicted molar refractivity (Wildman–Crippen MR) is 77.8 cm³/mol. The molecule has 0 radical (unpaired) electrons. The van der Waals surface area contributed by atoms with Gasteiger partial charge in [-0.2, -0.15) is 4.31 Å². The molecule has 0 amide bonds. The highest BCUT2D eigenvalue weighted by molar-refractivity contribution is 7.91. The molecule has 1 aliphatic heterocycles. The minimum absolute atomic E-state index is 0.0521. The predicted octanol–water partition coefficient (Wildman–Crippen LogP) is 3.12. The second kappa shape index (κ2) is 5.97. The lowest BCUT2D eigenvalue weighted by Gasteiger charge is -2.18. The Morgan fingerprint density at radius 2 is 2.15 bits per heavy atom. The Bertz CT molecular complexity index is 614. The van der Waals surface area contributed by atoms with Gasteiger partial charge in [-0.25, -0.2) is 8.42 Å². The van der Waals surface area contributed by atoms with E-state index in [2.05, 4.69) is 6.92 Å². The van der Waals surface area contributed by atoms with Gasteiger partial charge in [0.25, 0.3) is 15.7 Å². The molecule has 2 heterocycles. The van der Waals surface area contributed by atoms with E-state index < -0.39 is 14.9 Å². The molecule has 6 nitrogen and oxygen atoms in total. The summed E-state index contributed by atoms with van der Waals surface area (Å²) in [6, 6.07) is 1.05. The van der Waals surface area contributed by atoms with Gasteiger partial charge in [-0.3, -0.25) is 10.1 Å². The molecule has 1 aromatic rings. The lowest BCUT2D eigenvalue weighted by Crippen LogP contribution is -2.31. The Balaban J connectivity index is 2.30. The van der Waals surface area contributed by atoms with Crippen molar-refractivity contribution in [2.45, 2.75) is 30.4 Å². The molecule has 20 heavy (non-hydrogen) atoms. The van der Waals surface area contributed by atoms with Crippen LogP contribution in [0.2, 0.25) is 4.34 Å². The molecule has 0 bridgehead atoms. The lowest BCUT2D eigenvalue weighted by atomic mass is 10.0. The van der Waals surface area contributed by atoms with Crippen LogP contribution in [0.4, 0.5) is 5.69 Å². The number of thiophene rings is 1. The van der Waals surface area contributed by atoms with Gasteiger partial charge in [-0.1, -0.05) is 18.5 Å². The number of halogens is 1. The molecule has 1 aromatic heterocycles. The molecule has 0 spiro atoms.